The molecule has 0 spiro atoms. The molecule has 0 aliphatic heterocycles. The average molecular weight is 512 g/mol. The highest BCUT2D eigenvalue weighted by molar-refractivity contribution is 5.50. The van der Waals surface area contributed by atoms with Crippen molar-refractivity contribution in [1.82, 2.24) is 0 Å². The molecule has 184 valence electrons. The van der Waals surface area contributed by atoms with Crippen molar-refractivity contribution < 1.29 is 87.8 Å². The van der Waals surface area contributed by atoms with E-state index in [2.05, 4.69) is 0 Å². The maximum absolute atomic E-state index is 14.2. The fraction of sp³-hybridized carbons (Fsp3) is 0.818. The van der Waals surface area contributed by atoms with Gasteiger partial charge in [0.1, 0.15) is 0 Å². The van der Waals surface area contributed by atoms with Crippen molar-refractivity contribution in [3.05, 3.63) is 11.4 Å². The zero-order valence-electron chi connectivity index (χ0n) is 13.1. The van der Waals surface area contributed by atoms with E-state index in [9.17, 15) is 87.8 Å². The topological polar surface area (TPSA) is 0 Å². The van der Waals surface area contributed by atoms with Crippen molar-refractivity contribution in [1.29, 1.82) is 0 Å². The van der Waals surface area contributed by atoms with Crippen LogP contribution >= 0.6 is 0 Å². The third-order valence-electron chi connectivity index (χ3n) is 4.13. The molecule has 0 aromatic rings. The predicted molar refractivity (Wildman–Crippen MR) is 53.5 cm³/mol. The van der Waals surface area contributed by atoms with E-state index in [1.165, 1.54) is 0 Å². The van der Waals surface area contributed by atoms with Gasteiger partial charge in [-0.3, -0.25) is 0 Å². The van der Waals surface area contributed by atoms with Crippen LogP contribution in [0.25, 0.3) is 0 Å². The lowest BCUT2D eigenvalue weighted by molar-refractivity contribution is -0.474. The van der Waals surface area contributed by atoms with Crippen LogP contribution in [0.1, 0.15) is 0 Å². The zero-order valence-corrected chi connectivity index (χ0v) is 13.1. The molecule has 0 radical (unpaired) electrons. The van der Waals surface area contributed by atoms with E-state index < -0.39 is 65.0 Å². The quantitative estimate of drug-likeness (QED) is 0.355. The Balaban J connectivity index is 4.64. The fourth-order valence-electron chi connectivity index (χ4n) is 2.79. The highest BCUT2D eigenvalue weighted by Gasteiger charge is 3.02. The van der Waals surface area contributed by atoms with Gasteiger partial charge in [-0.25, -0.2) is 8.78 Å². The first-order chi connectivity index (χ1) is 13.0. The van der Waals surface area contributed by atoms with Crippen molar-refractivity contribution in [2.75, 3.05) is 0 Å². The number of hydrogen-bond donors (Lipinski definition) is 0. The normalized spacial score (nSPS) is 22.8. The number of halogens is 20. The Morgan fingerprint density at radius 2 is 0.774 bits per heavy atom. The lowest BCUT2D eigenvalue weighted by Crippen LogP contribution is -2.81. The Labute approximate surface area is 154 Å². The molecule has 1 atom stereocenters. The lowest BCUT2D eigenvalue weighted by atomic mass is 9.56. The van der Waals surface area contributed by atoms with Gasteiger partial charge in [0.25, 0.3) is 0 Å². The van der Waals surface area contributed by atoms with Crippen LogP contribution in [0, 0.1) is 5.41 Å². The molecule has 1 aliphatic rings. The van der Waals surface area contributed by atoms with E-state index in [0.717, 1.165) is 0 Å². The molecule has 1 rings (SSSR count). The molecule has 0 N–H and O–H groups in total. The minimum absolute atomic E-state index is 4.89. The van der Waals surface area contributed by atoms with E-state index in [4.69, 9.17) is 0 Å². The molecule has 0 heterocycles. The first-order valence-electron chi connectivity index (χ1n) is 6.53. The largest absolute Gasteiger partial charge is 0.454 e. The molecule has 1 aliphatic carbocycles. The molecule has 31 heavy (non-hydrogen) atoms. The Bertz CT molecular complexity index is 738. The van der Waals surface area contributed by atoms with Crippen LogP contribution in [-0.4, -0.2) is 48.1 Å². The molecular weight excluding hydrogens is 512 g/mol. The smallest absolute Gasteiger partial charge is 0.222 e. The molecule has 0 bridgehead atoms. The summed E-state index contributed by atoms with van der Waals surface area (Å²) in [7, 11) is 0. The molecule has 0 aromatic carbocycles. The van der Waals surface area contributed by atoms with Gasteiger partial charge in [-0.05, 0) is 0 Å². The molecule has 0 aromatic heterocycles. The first kappa shape index (κ1) is 27.4. The fourth-order valence-corrected chi connectivity index (χ4v) is 2.79. The van der Waals surface area contributed by atoms with Gasteiger partial charge in [-0.15, -0.1) is 0 Å². The van der Waals surface area contributed by atoms with Crippen LogP contribution in [0.15, 0.2) is 11.4 Å². The third kappa shape index (κ3) is 2.83. The summed E-state index contributed by atoms with van der Waals surface area (Å²) in [5, 5.41) is 0. The second kappa shape index (κ2) is 6.22. The molecule has 1 unspecified atom stereocenters. The maximum atomic E-state index is 14.2. The van der Waals surface area contributed by atoms with Gasteiger partial charge in [0.15, 0.2) is 5.83 Å². The van der Waals surface area contributed by atoms with Crippen LogP contribution in [0.5, 0.6) is 0 Å². The molecule has 0 nitrogen and oxygen atoms in total. The molecule has 0 saturated carbocycles. The van der Waals surface area contributed by atoms with Gasteiger partial charge in [0.05, 0.1) is 5.57 Å². The Morgan fingerprint density at radius 3 is 0.968 bits per heavy atom. The van der Waals surface area contributed by atoms with Crippen molar-refractivity contribution in [3.8, 4) is 0 Å². The first-order valence-corrected chi connectivity index (χ1v) is 6.53. The van der Waals surface area contributed by atoms with Crippen LogP contribution < -0.4 is 0 Å². The van der Waals surface area contributed by atoms with E-state index in [1.54, 1.807) is 0 Å². The van der Waals surface area contributed by atoms with Crippen LogP contribution in [0.4, 0.5) is 87.8 Å². The van der Waals surface area contributed by atoms with Gasteiger partial charge < -0.3 is 0 Å². The van der Waals surface area contributed by atoms with Crippen molar-refractivity contribution in [2.45, 2.75) is 48.1 Å². The number of allylic oxidation sites excluding steroid dienone is 2. The molecule has 20 heteroatoms. The van der Waals surface area contributed by atoms with E-state index in [-0.39, 0.29) is 0 Å². The highest BCUT2D eigenvalue weighted by atomic mass is 19.4. The van der Waals surface area contributed by atoms with Gasteiger partial charge in [0.2, 0.25) is 5.41 Å². The van der Waals surface area contributed by atoms with Crippen molar-refractivity contribution in [3.63, 3.8) is 0 Å². The minimum atomic E-state index is -9.11. The summed E-state index contributed by atoms with van der Waals surface area (Å²) in [5.74, 6) is -28.2. The highest BCUT2D eigenvalue weighted by Crippen LogP contribution is 2.77. The Kier molecular flexibility index (Phi) is 5.50. The lowest BCUT2D eigenvalue weighted by Gasteiger charge is -2.55. The van der Waals surface area contributed by atoms with Gasteiger partial charge >= 0.3 is 48.1 Å². The Hall–Kier alpha value is -1.66. The van der Waals surface area contributed by atoms with Gasteiger partial charge in [-0.2, -0.15) is 79.0 Å². The van der Waals surface area contributed by atoms with Crippen LogP contribution in [-0.2, 0) is 0 Å². The molecular formula is C11F20. The number of hydrogen-bond acceptors (Lipinski definition) is 0. The summed E-state index contributed by atoms with van der Waals surface area (Å²) in [6.45, 7) is 0. The zero-order chi connectivity index (χ0) is 25.7. The van der Waals surface area contributed by atoms with Crippen LogP contribution in [0.2, 0.25) is 0 Å². The van der Waals surface area contributed by atoms with E-state index >= 15 is 0 Å². The van der Waals surface area contributed by atoms with Crippen LogP contribution in [0.3, 0.4) is 0 Å². The number of alkyl halides is 19. The second-order valence-corrected chi connectivity index (χ2v) is 5.81. The second-order valence-electron chi connectivity index (χ2n) is 5.81. The average Bonchev–Trinajstić information content (AvgIpc) is 2.45. The molecule has 0 saturated heterocycles. The summed E-state index contributed by atoms with van der Waals surface area (Å²) in [6.07, 6.45) is -34.4. The summed E-state index contributed by atoms with van der Waals surface area (Å²) in [6, 6.07) is 0. The maximum Gasteiger partial charge on any atom is 0.454 e. The van der Waals surface area contributed by atoms with E-state index in [1.807, 2.05) is 0 Å². The van der Waals surface area contributed by atoms with Crippen molar-refractivity contribution >= 4 is 0 Å². The van der Waals surface area contributed by atoms with Gasteiger partial charge in [-0.1, -0.05) is 0 Å². The molecule has 0 fully saturated rings. The minimum Gasteiger partial charge on any atom is -0.222 e. The summed E-state index contributed by atoms with van der Waals surface area (Å²) in [5.41, 5.74) is -23.5. The van der Waals surface area contributed by atoms with Gasteiger partial charge in [0, 0.05) is 0 Å². The van der Waals surface area contributed by atoms with Crippen molar-refractivity contribution in [2.24, 2.45) is 5.41 Å². The van der Waals surface area contributed by atoms with E-state index in [0.29, 0.717) is 0 Å². The summed E-state index contributed by atoms with van der Waals surface area (Å²) >= 11 is 0. The molecule has 0 amide bonds. The summed E-state index contributed by atoms with van der Waals surface area (Å²) in [4.78, 5) is 0. The third-order valence-corrected chi connectivity index (χ3v) is 4.13. The Morgan fingerprint density at radius 1 is 0.452 bits per heavy atom. The SMILES string of the molecule is FC1=C(C(C(F)(F)F)(C(F)(F)C(F)(F)F)C(F)(C(F)(F)F)C(F)(F)F)C(F)(F)C1(F)F. The number of rotatable bonds is 3. The standard InChI is InChI=1S/C11F20/c12-2-1(4(13,14)5(2,15)16)3(8(20,21)22,7(18,19)11(29,30)31)6(17,9(23,24)25)10(26,27)28. The summed E-state index contributed by atoms with van der Waals surface area (Å²) < 4.78 is 261. The monoisotopic (exact) mass is 512 g/mol. The predicted octanol–water partition coefficient (Wildman–Crippen LogP) is 7.07.